The van der Waals surface area contributed by atoms with Crippen LogP contribution in [0, 0.1) is 0 Å². The van der Waals surface area contributed by atoms with E-state index in [-0.39, 0.29) is 18.2 Å². The highest BCUT2D eigenvalue weighted by Crippen LogP contribution is 2.38. The highest BCUT2D eigenvalue weighted by Gasteiger charge is 2.40. The number of epoxide rings is 1. The Morgan fingerprint density at radius 3 is 2.79 bits per heavy atom. The number of ether oxygens (including phenoxy) is 2. The summed E-state index contributed by atoms with van der Waals surface area (Å²) < 4.78 is 10.2. The fourth-order valence-electron chi connectivity index (χ4n) is 1.41. The first-order chi connectivity index (χ1) is 6.77. The normalized spacial score (nSPS) is 24.4. The molecule has 1 heterocycles. The van der Waals surface area contributed by atoms with Gasteiger partial charge in [-0.05, 0) is 5.56 Å². The second kappa shape index (κ2) is 3.80. The molecule has 0 radical (unpaired) electrons. The van der Waals surface area contributed by atoms with Crippen LogP contribution in [0.3, 0.4) is 0 Å². The molecule has 1 saturated heterocycles. The van der Waals surface area contributed by atoms with Gasteiger partial charge in [-0.2, -0.15) is 0 Å². The predicted molar refractivity (Wildman–Crippen MR) is 50.7 cm³/mol. The summed E-state index contributed by atoms with van der Waals surface area (Å²) in [5, 5.41) is 0. The van der Waals surface area contributed by atoms with Crippen molar-refractivity contribution in [3.8, 4) is 0 Å². The molecule has 2 rings (SSSR count). The summed E-state index contributed by atoms with van der Waals surface area (Å²) in [5.74, 6) is -0.257. The quantitative estimate of drug-likeness (QED) is 0.540. The largest absolute Gasteiger partial charge is 0.463 e. The summed E-state index contributed by atoms with van der Waals surface area (Å²) in [5.41, 5.74) is 1.14. The number of carbonyl (C=O) groups excluding carboxylic acids is 1. The van der Waals surface area contributed by atoms with Crippen molar-refractivity contribution >= 4 is 5.97 Å². The lowest BCUT2D eigenvalue weighted by molar-refractivity contribution is -0.141. The SMILES string of the molecule is CC(=O)OC[C@H]1O[C@H]1c1ccccc1. The summed E-state index contributed by atoms with van der Waals surface area (Å²) in [6, 6.07) is 9.93. The first-order valence-corrected chi connectivity index (χ1v) is 4.61. The van der Waals surface area contributed by atoms with Gasteiger partial charge in [0.25, 0.3) is 0 Å². The zero-order valence-corrected chi connectivity index (χ0v) is 7.97. The number of carbonyl (C=O) groups is 1. The average molecular weight is 192 g/mol. The fraction of sp³-hybridized carbons (Fsp3) is 0.364. The van der Waals surface area contributed by atoms with E-state index in [1.54, 1.807) is 0 Å². The average Bonchev–Trinajstić information content (AvgIpc) is 2.95. The molecule has 0 spiro atoms. The smallest absolute Gasteiger partial charge is 0.302 e. The molecule has 14 heavy (non-hydrogen) atoms. The fourth-order valence-corrected chi connectivity index (χ4v) is 1.41. The second-order valence-corrected chi connectivity index (χ2v) is 3.31. The zero-order valence-electron chi connectivity index (χ0n) is 7.97. The highest BCUT2D eigenvalue weighted by molar-refractivity contribution is 5.65. The minimum absolute atomic E-state index is 0.0429. The standard InChI is InChI=1S/C11H12O3/c1-8(12)13-7-10-11(14-10)9-5-3-2-4-6-9/h2-6,10-11H,7H2,1H3/t10-,11+/m1/s1. The van der Waals surface area contributed by atoms with Crippen molar-refractivity contribution in [2.75, 3.05) is 6.61 Å². The van der Waals surface area contributed by atoms with Gasteiger partial charge < -0.3 is 9.47 Å². The molecule has 0 bridgehead atoms. The number of esters is 1. The Balaban J connectivity index is 1.85. The third-order valence-electron chi connectivity index (χ3n) is 2.16. The van der Waals surface area contributed by atoms with Gasteiger partial charge >= 0.3 is 5.97 Å². The number of hydrogen-bond donors (Lipinski definition) is 0. The van der Waals surface area contributed by atoms with Crippen LogP contribution in [0.4, 0.5) is 0 Å². The van der Waals surface area contributed by atoms with E-state index in [2.05, 4.69) is 0 Å². The van der Waals surface area contributed by atoms with Gasteiger partial charge in [0, 0.05) is 6.92 Å². The van der Waals surface area contributed by atoms with Gasteiger partial charge in [-0.15, -0.1) is 0 Å². The Morgan fingerprint density at radius 2 is 2.14 bits per heavy atom. The van der Waals surface area contributed by atoms with Crippen LogP contribution in [-0.4, -0.2) is 18.7 Å². The van der Waals surface area contributed by atoms with Crippen LogP contribution in [0.15, 0.2) is 30.3 Å². The van der Waals surface area contributed by atoms with Gasteiger partial charge in [-0.1, -0.05) is 30.3 Å². The monoisotopic (exact) mass is 192 g/mol. The number of benzene rings is 1. The molecule has 0 saturated carbocycles. The van der Waals surface area contributed by atoms with E-state index in [4.69, 9.17) is 9.47 Å². The Kier molecular flexibility index (Phi) is 2.50. The molecule has 74 valence electrons. The molecule has 0 aromatic heterocycles. The van der Waals surface area contributed by atoms with E-state index < -0.39 is 0 Å². The minimum atomic E-state index is -0.257. The van der Waals surface area contributed by atoms with E-state index in [0.717, 1.165) is 5.56 Å². The molecule has 0 amide bonds. The summed E-state index contributed by atoms with van der Waals surface area (Å²) in [6.07, 6.45) is 0.150. The first kappa shape index (κ1) is 9.21. The van der Waals surface area contributed by atoms with Crippen LogP contribution in [0.2, 0.25) is 0 Å². The van der Waals surface area contributed by atoms with E-state index in [1.807, 2.05) is 30.3 Å². The van der Waals surface area contributed by atoms with Crippen molar-refractivity contribution in [2.24, 2.45) is 0 Å². The van der Waals surface area contributed by atoms with Crippen molar-refractivity contribution in [2.45, 2.75) is 19.1 Å². The second-order valence-electron chi connectivity index (χ2n) is 3.31. The van der Waals surface area contributed by atoms with E-state index in [1.165, 1.54) is 6.92 Å². The van der Waals surface area contributed by atoms with Crippen LogP contribution in [0.25, 0.3) is 0 Å². The third kappa shape index (κ3) is 2.12. The van der Waals surface area contributed by atoms with E-state index in [9.17, 15) is 4.79 Å². The number of hydrogen-bond acceptors (Lipinski definition) is 3. The number of rotatable bonds is 3. The minimum Gasteiger partial charge on any atom is -0.463 e. The van der Waals surface area contributed by atoms with Crippen LogP contribution in [-0.2, 0) is 14.3 Å². The van der Waals surface area contributed by atoms with Crippen molar-refractivity contribution in [1.82, 2.24) is 0 Å². The lowest BCUT2D eigenvalue weighted by Crippen LogP contribution is -2.06. The molecule has 0 N–H and O–H groups in total. The topological polar surface area (TPSA) is 38.8 Å². The zero-order chi connectivity index (χ0) is 9.97. The predicted octanol–water partition coefficient (Wildman–Crippen LogP) is 1.69. The molecule has 0 unspecified atom stereocenters. The molecular formula is C11H12O3. The molecule has 1 aromatic rings. The summed E-state index contributed by atoms with van der Waals surface area (Å²) in [6.45, 7) is 1.76. The van der Waals surface area contributed by atoms with Crippen molar-refractivity contribution < 1.29 is 14.3 Å². The lowest BCUT2D eigenvalue weighted by Gasteiger charge is -1.97. The summed E-state index contributed by atoms with van der Waals surface area (Å²) in [7, 11) is 0. The lowest BCUT2D eigenvalue weighted by atomic mass is 10.1. The molecule has 3 nitrogen and oxygen atoms in total. The van der Waals surface area contributed by atoms with Gasteiger partial charge in [-0.25, -0.2) is 0 Å². The summed E-state index contributed by atoms with van der Waals surface area (Å²) in [4.78, 5) is 10.5. The van der Waals surface area contributed by atoms with Crippen LogP contribution in [0.1, 0.15) is 18.6 Å². The maximum Gasteiger partial charge on any atom is 0.302 e. The van der Waals surface area contributed by atoms with E-state index in [0.29, 0.717) is 6.61 Å². The van der Waals surface area contributed by atoms with Crippen molar-refractivity contribution in [1.29, 1.82) is 0 Å². The Hall–Kier alpha value is -1.35. The Bertz CT molecular complexity index is 321. The Labute approximate surface area is 82.6 Å². The first-order valence-electron chi connectivity index (χ1n) is 4.61. The molecule has 2 atom stereocenters. The maximum absolute atomic E-state index is 10.5. The maximum atomic E-state index is 10.5. The Morgan fingerprint density at radius 1 is 1.43 bits per heavy atom. The van der Waals surface area contributed by atoms with Gasteiger partial charge in [0.15, 0.2) is 0 Å². The molecule has 1 aliphatic heterocycles. The molecule has 0 aliphatic carbocycles. The van der Waals surface area contributed by atoms with Crippen LogP contribution >= 0.6 is 0 Å². The molecule has 1 fully saturated rings. The van der Waals surface area contributed by atoms with Gasteiger partial charge in [0.05, 0.1) is 0 Å². The van der Waals surface area contributed by atoms with Crippen molar-refractivity contribution in [3.05, 3.63) is 35.9 Å². The van der Waals surface area contributed by atoms with Gasteiger partial charge in [-0.3, -0.25) is 4.79 Å². The van der Waals surface area contributed by atoms with Crippen LogP contribution in [0.5, 0.6) is 0 Å². The van der Waals surface area contributed by atoms with Crippen molar-refractivity contribution in [3.63, 3.8) is 0 Å². The van der Waals surface area contributed by atoms with E-state index >= 15 is 0 Å². The molecular weight excluding hydrogens is 180 g/mol. The molecule has 1 aliphatic rings. The van der Waals surface area contributed by atoms with Crippen LogP contribution < -0.4 is 0 Å². The van der Waals surface area contributed by atoms with Gasteiger partial charge in [0.2, 0.25) is 0 Å². The highest BCUT2D eigenvalue weighted by atomic mass is 16.6. The molecule has 3 heteroatoms. The molecule has 1 aromatic carbocycles. The third-order valence-corrected chi connectivity index (χ3v) is 2.16. The summed E-state index contributed by atoms with van der Waals surface area (Å²) >= 11 is 0. The van der Waals surface area contributed by atoms with Gasteiger partial charge in [0.1, 0.15) is 18.8 Å².